The molecular formula is C15H26O. The lowest BCUT2D eigenvalue weighted by atomic mass is 9.38. The van der Waals surface area contributed by atoms with Crippen LogP contribution in [0.2, 0.25) is 0 Å². The van der Waals surface area contributed by atoms with Crippen molar-refractivity contribution in [2.24, 2.45) is 28.1 Å². The minimum atomic E-state index is -0.0620. The highest BCUT2D eigenvalue weighted by atomic mass is 16.3. The van der Waals surface area contributed by atoms with Crippen molar-refractivity contribution in [2.45, 2.75) is 65.9 Å². The highest BCUT2D eigenvalue weighted by Crippen LogP contribution is 2.73. The van der Waals surface area contributed by atoms with Gasteiger partial charge in [-0.15, -0.1) is 0 Å². The molecule has 0 unspecified atom stereocenters. The van der Waals surface area contributed by atoms with Crippen LogP contribution in [-0.2, 0) is 0 Å². The SMILES string of the molecule is C[C@@H]1CC[C@H]2C(C)(C)[C@@]3(C)CC[C@@]12C[C@H]3O. The van der Waals surface area contributed by atoms with Gasteiger partial charge >= 0.3 is 0 Å². The summed E-state index contributed by atoms with van der Waals surface area (Å²) in [5.74, 6) is 1.69. The fraction of sp³-hybridized carbons (Fsp3) is 1.00. The van der Waals surface area contributed by atoms with E-state index in [1.165, 1.54) is 25.7 Å². The second-order valence-corrected chi connectivity index (χ2v) is 7.62. The molecule has 1 nitrogen and oxygen atoms in total. The molecule has 5 atom stereocenters. The van der Waals surface area contributed by atoms with Crippen LogP contribution in [0.3, 0.4) is 0 Å². The number of aliphatic hydroxyl groups is 1. The lowest BCUT2D eigenvalue weighted by Crippen LogP contribution is -2.63. The summed E-state index contributed by atoms with van der Waals surface area (Å²) in [5.41, 5.74) is 0.984. The number of aliphatic hydroxyl groups excluding tert-OH is 1. The van der Waals surface area contributed by atoms with E-state index in [0.29, 0.717) is 10.8 Å². The first-order chi connectivity index (χ1) is 7.34. The van der Waals surface area contributed by atoms with Crippen LogP contribution in [0, 0.1) is 28.1 Å². The predicted molar refractivity (Wildman–Crippen MR) is 66.1 cm³/mol. The summed E-state index contributed by atoms with van der Waals surface area (Å²) in [6, 6.07) is 0. The highest BCUT2D eigenvalue weighted by Gasteiger charge is 2.68. The summed E-state index contributed by atoms with van der Waals surface area (Å²) in [4.78, 5) is 0. The molecule has 4 aliphatic carbocycles. The Hall–Kier alpha value is -0.0400. The minimum absolute atomic E-state index is 0.0620. The Bertz CT molecular complexity index is 321. The summed E-state index contributed by atoms with van der Waals surface area (Å²) in [6.45, 7) is 9.61. The summed E-state index contributed by atoms with van der Waals surface area (Å²) in [5, 5.41) is 10.6. The van der Waals surface area contributed by atoms with Crippen LogP contribution in [0.5, 0.6) is 0 Å². The Morgan fingerprint density at radius 2 is 1.75 bits per heavy atom. The molecule has 0 heterocycles. The number of rotatable bonds is 0. The first-order valence-corrected chi connectivity index (χ1v) is 7.03. The number of hydrogen-bond donors (Lipinski definition) is 1. The molecule has 0 aromatic heterocycles. The normalized spacial score (nSPS) is 58.7. The topological polar surface area (TPSA) is 20.2 Å². The molecule has 0 aliphatic heterocycles. The average molecular weight is 222 g/mol. The zero-order chi connectivity index (χ0) is 11.8. The van der Waals surface area contributed by atoms with E-state index in [-0.39, 0.29) is 11.5 Å². The number of hydrogen-bond acceptors (Lipinski definition) is 1. The summed E-state index contributed by atoms with van der Waals surface area (Å²) in [6.07, 6.45) is 6.41. The quantitative estimate of drug-likeness (QED) is 0.664. The van der Waals surface area contributed by atoms with Crippen molar-refractivity contribution in [3.05, 3.63) is 0 Å². The Labute approximate surface area is 99.6 Å². The van der Waals surface area contributed by atoms with Crippen molar-refractivity contribution >= 4 is 0 Å². The van der Waals surface area contributed by atoms with Gasteiger partial charge in [0.2, 0.25) is 0 Å². The van der Waals surface area contributed by atoms with Crippen LogP contribution in [0.1, 0.15) is 59.8 Å². The van der Waals surface area contributed by atoms with Crippen LogP contribution < -0.4 is 0 Å². The number of fused-ring (bicyclic) bond motifs is 2. The Kier molecular flexibility index (Phi) is 1.98. The molecule has 2 bridgehead atoms. The molecule has 0 saturated heterocycles. The third-order valence-electron chi connectivity index (χ3n) is 7.33. The average Bonchev–Trinajstić information content (AvgIpc) is 2.51. The standard InChI is InChI=1S/C15H26O/c1-10-5-6-11-13(2,3)14(4)7-8-15(10,11)9-12(14)16/h10-12,16H,5-9H2,1-4H3/t10-,11+,12-,14+,15-/m1/s1. The molecular weight excluding hydrogens is 196 g/mol. The molecule has 4 fully saturated rings. The van der Waals surface area contributed by atoms with Gasteiger partial charge in [-0.05, 0) is 60.2 Å². The van der Waals surface area contributed by atoms with E-state index >= 15 is 0 Å². The summed E-state index contributed by atoms with van der Waals surface area (Å²) < 4.78 is 0. The van der Waals surface area contributed by atoms with E-state index in [0.717, 1.165) is 18.3 Å². The highest BCUT2D eigenvalue weighted by molar-refractivity contribution is 5.17. The molecule has 4 aliphatic rings. The largest absolute Gasteiger partial charge is 0.393 e. The van der Waals surface area contributed by atoms with Gasteiger partial charge in [-0.25, -0.2) is 0 Å². The van der Waals surface area contributed by atoms with E-state index in [9.17, 15) is 5.11 Å². The van der Waals surface area contributed by atoms with E-state index in [1.807, 2.05) is 0 Å². The first-order valence-electron chi connectivity index (χ1n) is 7.03. The van der Waals surface area contributed by atoms with Gasteiger partial charge < -0.3 is 5.11 Å². The van der Waals surface area contributed by atoms with Gasteiger partial charge in [0.1, 0.15) is 0 Å². The molecule has 0 aromatic carbocycles. The van der Waals surface area contributed by atoms with Crippen molar-refractivity contribution in [3.63, 3.8) is 0 Å². The molecule has 1 spiro atoms. The van der Waals surface area contributed by atoms with E-state index in [4.69, 9.17) is 0 Å². The molecule has 4 rings (SSSR count). The van der Waals surface area contributed by atoms with Crippen LogP contribution in [0.25, 0.3) is 0 Å². The lowest BCUT2D eigenvalue weighted by molar-refractivity contribution is -0.223. The minimum Gasteiger partial charge on any atom is -0.393 e. The second kappa shape index (κ2) is 2.85. The molecule has 0 aromatic rings. The van der Waals surface area contributed by atoms with Crippen LogP contribution in [0.15, 0.2) is 0 Å². The fourth-order valence-electron chi connectivity index (χ4n) is 5.67. The molecule has 16 heavy (non-hydrogen) atoms. The van der Waals surface area contributed by atoms with Crippen molar-refractivity contribution in [1.82, 2.24) is 0 Å². The van der Waals surface area contributed by atoms with Gasteiger partial charge in [0.05, 0.1) is 6.10 Å². The first kappa shape index (κ1) is 11.1. The van der Waals surface area contributed by atoms with Gasteiger partial charge in [-0.2, -0.15) is 0 Å². The Balaban J connectivity index is 2.12. The Morgan fingerprint density at radius 1 is 1.06 bits per heavy atom. The van der Waals surface area contributed by atoms with Gasteiger partial charge in [-0.1, -0.05) is 27.7 Å². The van der Waals surface area contributed by atoms with Gasteiger partial charge in [0, 0.05) is 0 Å². The summed E-state index contributed by atoms with van der Waals surface area (Å²) in [7, 11) is 0. The van der Waals surface area contributed by atoms with E-state index < -0.39 is 0 Å². The van der Waals surface area contributed by atoms with Gasteiger partial charge in [0.25, 0.3) is 0 Å². The predicted octanol–water partition coefficient (Wildman–Crippen LogP) is 3.61. The summed E-state index contributed by atoms with van der Waals surface area (Å²) >= 11 is 0. The zero-order valence-electron chi connectivity index (χ0n) is 11.2. The monoisotopic (exact) mass is 222 g/mol. The molecule has 0 radical (unpaired) electrons. The Morgan fingerprint density at radius 3 is 2.38 bits per heavy atom. The van der Waals surface area contributed by atoms with Crippen molar-refractivity contribution in [2.75, 3.05) is 0 Å². The van der Waals surface area contributed by atoms with Crippen molar-refractivity contribution in [3.8, 4) is 0 Å². The molecule has 1 N–H and O–H groups in total. The molecule has 0 amide bonds. The van der Waals surface area contributed by atoms with E-state index in [1.54, 1.807) is 0 Å². The molecule has 1 heteroatoms. The maximum atomic E-state index is 10.6. The molecule has 92 valence electrons. The van der Waals surface area contributed by atoms with Crippen molar-refractivity contribution < 1.29 is 5.11 Å². The third-order valence-corrected chi connectivity index (χ3v) is 7.33. The van der Waals surface area contributed by atoms with Gasteiger partial charge in [0.15, 0.2) is 0 Å². The second-order valence-electron chi connectivity index (χ2n) is 7.62. The third kappa shape index (κ3) is 0.939. The van der Waals surface area contributed by atoms with Crippen LogP contribution >= 0.6 is 0 Å². The van der Waals surface area contributed by atoms with Gasteiger partial charge in [-0.3, -0.25) is 0 Å². The van der Waals surface area contributed by atoms with Crippen LogP contribution in [0.4, 0.5) is 0 Å². The maximum Gasteiger partial charge on any atom is 0.0604 e. The molecule has 4 saturated carbocycles. The fourth-order valence-corrected chi connectivity index (χ4v) is 5.67. The van der Waals surface area contributed by atoms with E-state index in [2.05, 4.69) is 27.7 Å². The van der Waals surface area contributed by atoms with Crippen LogP contribution in [-0.4, -0.2) is 11.2 Å². The lowest BCUT2D eigenvalue weighted by Gasteiger charge is -2.67. The smallest absolute Gasteiger partial charge is 0.0604 e. The van der Waals surface area contributed by atoms with Crippen molar-refractivity contribution in [1.29, 1.82) is 0 Å². The zero-order valence-corrected chi connectivity index (χ0v) is 11.2. The maximum absolute atomic E-state index is 10.6.